The first kappa shape index (κ1) is 10.8. The molecule has 0 unspecified atom stereocenters. The fourth-order valence-corrected chi connectivity index (χ4v) is 1.11. The normalized spacial score (nSPS) is 8.47. The van der Waals surface area contributed by atoms with Gasteiger partial charge >= 0.3 is 7.12 Å². The van der Waals surface area contributed by atoms with Crippen molar-refractivity contribution in [3.05, 3.63) is 28.8 Å². The summed E-state index contributed by atoms with van der Waals surface area (Å²) in [6.07, 6.45) is 0. The Morgan fingerprint density at radius 1 is 0.933 bits per heavy atom. The molecule has 0 aliphatic heterocycles. The highest BCUT2D eigenvalue weighted by Gasteiger charge is 2.17. The third kappa shape index (κ3) is 1.95. The zero-order valence-corrected chi connectivity index (χ0v) is 7.47. The monoisotopic (exact) mass is 197 g/mol. The van der Waals surface area contributed by atoms with Gasteiger partial charge in [-0.05, 0) is 17.6 Å². The number of nitrogens with zero attached hydrogens (tertiary/aromatic N) is 3. The first-order valence-corrected chi connectivity index (χ1v) is 3.88. The molecule has 0 aliphatic rings. The minimum absolute atomic E-state index is 0.0158. The molecule has 0 bridgehead atoms. The van der Waals surface area contributed by atoms with E-state index >= 15 is 0 Å². The highest BCUT2D eigenvalue weighted by molar-refractivity contribution is 6.58. The topological polar surface area (TPSA) is 112 Å². The molecule has 2 N–H and O–H groups in total. The lowest BCUT2D eigenvalue weighted by molar-refractivity contribution is 0.426. The van der Waals surface area contributed by atoms with Crippen LogP contribution in [0.1, 0.15) is 16.7 Å². The number of hydrogen-bond acceptors (Lipinski definition) is 5. The summed E-state index contributed by atoms with van der Waals surface area (Å²) in [4.78, 5) is 0. The van der Waals surface area contributed by atoms with Crippen molar-refractivity contribution in [2.45, 2.75) is 0 Å². The van der Waals surface area contributed by atoms with Crippen LogP contribution in [0, 0.1) is 34.0 Å². The number of hydrogen-bond donors (Lipinski definition) is 2. The van der Waals surface area contributed by atoms with Crippen LogP contribution in [-0.2, 0) is 0 Å². The molecule has 6 heteroatoms. The standard InChI is InChI=1S/C9H4BN3O2/c11-3-6-1-8(10(14)15)2-7(4-12)9(6)5-13/h1-2,14-15H. The highest BCUT2D eigenvalue weighted by Crippen LogP contribution is 2.10. The van der Waals surface area contributed by atoms with Crippen molar-refractivity contribution < 1.29 is 10.0 Å². The summed E-state index contributed by atoms with van der Waals surface area (Å²) in [7, 11) is -1.77. The molecule has 5 nitrogen and oxygen atoms in total. The first-order valence-electron chi connectivity index (χ1n) is 3.88. The molecule has 0 saturated heterocycles. The van der Waals surface area contributed by atoms with Crippen LogP contribution in [0.4, 0.5) is 0 Å². The van der Waals surface area contributed by atoms with Gasteiger partial charge in [0.05, 0.1) is 16.7 Å². The van der Waals surface area contributed by atoms with E-state index in [1.54, 1.807) is 18.2 Å². The van der Waals surface area contributed by atoms with Gasteiger partial charge in [0.1, 0.15) is 18.2 Å². The molecule has 0 amide bonds. The van der Waals surface area contributed by atoms with Crippen molar-refractivity contribution >= 4 is 12.6 Å². The van der Waals surface area contributed by atoms with Gasteiger partial charge < -0.3 is 10.0 Å². The highest BCUT2D eigenvalue weighted by atomic mass is 16.4. The molecule has 1 aromatic rings. The maximum absolute atomic E-state index is 8.88. The summed E-state index contributed by atoms with van der Waals surface area (Å²) in [6, 6.07) is 7.51. The van der Waals surface area contributed by atoms with Crippen LogP contribution in [0.3, 0.4) is 0 Å². The first-order chi connectivity index (χ1) is 7.13. The van der Waals surface area contributed by atoms with Crippen molar-refractivity contribution in [1.82, 2.24) is 0 Å². The number of benzene rings is 1. The smallest absolute Gasteiger partial charge is 0.423 e. The lowest BCUT2D eigenvalue weighted by Crippen LogP contribution is -2.30. The predicted octanol–water partition coefficient (Wildman–Crippen LogP) is -1.02. The maximum atomic E-state index is 8.88. The summed E-state index contributed by atoms with van der Waals surface area (Å²) in [5.41, 5.74) is -0.120. The van der Waals surface area contributed by atoms with Crippen molar-refractivity contribution in [3.8, 4) is 18.2 Å². The Morgan fingerprint density at radius 2 is 1.40 bits per heavy atom. The minimum Gasteiger partial charge on any atom is -0.423 e. The van der Waals surface area contributed by atoms with Crippen molar-refractivity contribution in [2.75, 3.05) is 0 Å². The molecule has 0 atom stereocenters. The van der Waals surface area contributed by atoms with E-state index in [1.807, 2.05) is 0 Å². The quantitative estimate of drug-likeness (QED) is 0.559. The Hall–Kier alpha value is -2.33. The van der Waals surface area contributed by atoms with E-state index in [0.717, 1.165) is 0 Å². The lowest BCUT2D eigenvalue weighted by Gasteiger charge is -2.02. The molecule has 0 aliphatic carbocycles. The average molecular weight is 197 g/mol. The Morgan fingerprint density at radius 3 is 1.67 bits per heavy atom. The molecule has 15 heavy (non-hydrogen) atoms. The van der Waals surface area contributed by atoms with Gasteiger partial charge in [-0.2, -0.15) is 15.8 Å². The van der Waals surface area contributed by atoms with Crippen LogP contribution in [0.2, 0.25) is 0 Å². The van der Waals surface area contributed by atoms with Crippen LogP contribution < -0.4 is 5.46 Å². The van der Waals surface area contributed by atoms with E-state index < -0.39 is 7.12 Å². The Kier molecular flexibility index (Phi) is 3.05. The summed E-state index contributed by atoms with van der Waals surface area (Å²) in [6.45, 7) is 0. The molecule has 0 saturated carbocycles. The molecule has 70 valence electrons. The van der Waals surface area contributed by atoms with Crippen LogP contribution in [-0.4, -0.2) is 17.2 Å². The molecular weight excluding hydrogens is 193 g/mol. The fraction of sp³-hybridized carbons (Fsp3) is 0. The summed E-state index contributed by atoms with van der Waals surface area (Å²) >= 11 is 0. The second-order valence-electron chi connectivity index (χ2n) is 2.70. The van der Waals surface area contributed by atoms with E-state index in [-0.39, 0.29) is 22.2 Å². The summed E-state index contributed by atoms with van der Waals surface area (Å²) < 4.78 is 0. The molecule has 1 aromatic carbocycles. The largest absolute Gasteiger partial charge is 0.488 e. The van der Waals surface area contributed by atoms with Crippen molar-refractivity contribution in [3.63, 3.8) is 0 Å². The van der Waals surface area contributed by atoms with Gasteiger partial charge in [0.15, 0.2) is 0 Å². The van der Waals surface area contributed by atoms with E-state index in [9.17, 15) is 0 Å². The van der Waals surface area contributed by atoms with Crippen LogP contribution in [0.25, 0.3) is 0 Å². The van der Waals surface area contributed by atoms with Crippen LogP contribution in [0.5, 0.6) is 0 Å². The van der Waals surface area contributed by atoms with Gasteiger partial charge in [0.2, 0.25) is 0 Å². The van der Waals surface area contributed by atoms with Gasteiger partial charge in [-0.3, -0.25) is 0 Å². The van der Waals surface area contributed by atoms with Crippen LogP contribution in [0.15, 0.2) is 12.1 Å². The molecule has 0 spiro atoms. The zero-order valence-electron chi connectivity index (χ0n) is 7.47. The van der Waals surface area contributed by atoms with E-state index in [2.05, 4.69) is 0 Å². The number of nitriles is 3. The predicted molar refractivity (Wildman–Crippen MR) is 50.4 cm³/mol. The Balaban J connectivity index is 3.55. The van der Waals surface area contributed by atoms with E-state index in [1.165, 1.54) is 12.1 Å². The third-order valence-electron chi connectivity index (χ3n) is 1.81. The van der Waals surface area contributed by atoms with Crippen molar-refractivity contribution in [1.29, 1.82) is 15.8 Å². The SMILES string of the molecule is N#Cc1cc(B(O)O)cc(C#N)c1C#N. The molecule has 0 fully saturated rings. The van der Waals surface area contributed by atoms with Gasteiger partial charge in [-0.1, -0.05) is 0 Å². The average Bonchev–Trinajstić information content (AvgIpc) is 2.26. The summed E-state index contributed by atoms with van der Waals surface area (Å²) in [5, 5.41) is 43.9. The minimum atomic E-state index is -1.77. The third-order valence-corrected chi connectivity index (χ3v) is 1.81. The van der Waals surface area contributed by atoms with Crippen molar-refractivity contribution in [2.24, 2.45) is 0 Å². The van der Waals surface area contributed by atoms with E-state index in [0.29, 0.717) is 0 Å². The molecule has 1 rings (SSSR count). The molecule has 0 aromatic heterocycles. The maximum Gasteiger partial charge on any atom is 0.488 e. The van der Waals surface area contributed by atoms with E-state index in [4.69, 9.17) is 25.8 Å². The Labute approximate surface area is 86.2 Å². The summed E-state index contributed by atoms with van der Waals surface area (Å²) in [5.74, 6) is 0. The van der Waals surface area contributed by atoms with Gasteiger partial charge in [0.25, 0.3) is 0 Å². The second kappa shape index (κ2) is 4.26. The van der Waals surface area contributed by atoms with Gasteiger partial charge in [-0.25, -0.2) is 0 Å². The molecule has 0 radical (unpaired) electrons. The molecular formula is C9H4BN3O2. The van der Waals surface area contributed by atoms with Gasteiger partial charge in [0, 0.05) is 0 Å². The Bertz CT molecular complexity index is 485. The number of rotatable bonds is 1. The lowest BCUT2D eigenvalue weighted by atomic mass is 9.78. The van der Waals surface area contributed by atoms with Gasteiger partial charge in [-0.15, -0.1) is 0 Å². The fourth-order valence-electron chi connectivity index (χ4n) is 1.11. The molecule has 0 heterocycles. The second-order valence-corrected chi connectivity index (χ2v) is 2.70. The zero-order chi connectivity index (χ0) is 11.4. The van der Waals surface area contributed by atoms with Crippen LogP contribution >= 0.6 is 0 Å².